The summed E-state index contributed by atoms with van der Waals surface area (Å²) in [4.78, 5) is 11.9. The molecule has 0 radical (unpaired) electrons. The van der Waals surface area contributed by atoms with Crippen LogP contribution in [-0.4, -0.2) is 19.7 Å². The van der Waals surface area contributed by atoms with E-state index < -0.39 is 0 Å². The predicted molar refractivity (Wildman–Crippen MR) is 101 cm³/mol. The van der Waals surface area contributed by atoms with Crippen molar-refractivity contribution in [2.75, 3.05) is 13.7 Å². The van der Waals surface area contributed by atoms with E-state index in [4.69, 9.17) is 4.74 Å². The van der Waals surface area contributed by atoms with Crippen molar-refractivity contribution >= 4 is 16.8 Å². The Labute approximate surface area is 152 Å². The first kappa shape index (κ1) is 17.7. The summed E-state index contributed by atoms with van der Waals surface area (Å²) >= 11 is 0. The van der Waals surface area contributed by atoms with Gasteiger partial charge in [0.1, 0.15) is 11.6 Å². The summed E-state index contributed by atoms with van der Waals surface area (Å²) in [7, 11) is 1.64. The quantitative estimate of drug-likeness (QED) is 0.704. The molecule has 0 aromatic heterocycles. The molecule has 0 saturated heterocycles. The van der Waals surface area contributed by atoms with Gasteiger partial charge in [0.15, 0.2) is 0 Å². The first-order valence-electron chi connectivity index (χ1n) is 8.47. The van der Waals surface area contributed by atoms with Crippen molar-refractivity contribution < 1.29 is 13.9 Å². The number of fused-ring (bicyclic) bond motifs is 1. The van der Waals surface area contributed by atoms with E-state index in [0.29, 0.717) is 25.1 Å². The predicted octanol–water partition coefficient (Wildman–Crippen LogP) is 4.03. The number of methoxy groups -OCH3 is 1. The van der Waals surface area contributed by atoms with Gasteiger partial charge in [-0.25, -0.2) is 9.18 Å². The standard InChI is InChI=1S/C21H21FN2O2/c1-26-19-9-8-17-12-15(6-7-18(17)13-19)14-24-21(25)23-11-10-16-4-2-3-5-20(16)22/h2-9,12-13H,10-11,14H2,1H3,(H2,23,24,25). The molecule has 0 atom stereocenters. The van der Waals surface area contributed by atoms with Gasteiger partial charge in [0.2, 0.25) is 0 Å². The van der Waals surface area contributed by atoms with Crippen molar-refractivity contribution in [3.8, 4) is 5.75 Å². The van der Waals surface area contributed by atoms with E-state index in [1.165, 1.54) is 6.07 Å². The molecule has 3 rings (SSSR count). The van der Waals surface area contributed by atoms with Gasteiger partial charge in [0, 0.05) is 13.1 Å². The largest absolute Gasteiger partial charge is 0.497 e. The summed E-state index contributed by atoms with van der Waals surface area (Å²) in [6.07, 6.45) is 0.456. The lowest BCUT2D eigenvalue weighted by atomic mass is 10.1. The highest BCUT2D eigenvalue weighted by molar-refractivity contribution is 5.84. The van der Waals surface area contributed by atoms with Crippen LogP contribution in [0.5, 0.6) is 5.75 Å². The Morgan fingerprint density at radius 2 is 1.77 bits per heavy atom. The van der Waals surface area contributed by atoms with Gasteiger partial charge in [-0.3, -0.25) is 0 Å². The zero-order chi connectivity index (χ0) is 18.4. The number of carbonyl (C=O) groups is 1. The van der Waals surface area contributed by atoms with Crippen LogP contribution >= 0.6 is 0 Å². The Morgan fingerprint density at radius 1 is 1.00 bits per heavy atom. The molecule has 5 heteroatoms. The number of halogens is 1. The summed E-state index contributed by atoms with van der Waals surface area (Å²) in [5.41, 5.74) is 1.60. The van der Waals surface area contributed by atoms with Crippen LogP contribution < -0.4 is 15.4 Å². The number of carbonyl (C=O) groups excluding carboxylic acids is 1. The molecule has 0 aliphatic heterocycles. The van der Waals surface area contributed by atoms with Crippen LogP contribution in [-0.2, 0) is 13.0 Å². The first-order chi connectivity index (χ1) is 12.7. The van der Waals surface area contributed by atoms with Crippen LogP contribution in [0.25, 0.3) is 10.8 Å². The zero-order valence-electron chi connectivity index (χ0n) is 14.6. The number of rotatable bonds is 6. The monoisotopic (exact) mass is 352 g/mol. The second kappa shape index (κ2) is 8.34. The van der Waals surface area contributed by atoms with Gasteiger partial charge in [-0.1, -0.05) is 36.4 Å². The molecular formula is C21H21FN2O2. The molecule has 0 aliphatic carbocycles. The molecule has 0 bridgehead atoms. The number of benzene rings is 3. The fourth-order valence-corrected chi connectivity index (χ4v) is 2.77. The lowest BCUT2D eigenvalue weighted by molar-refractivity contribution is 0.240. The third kappa shape index (κ3) is 4.51. The third-order valence-corrected chi connectivity index (χ3v) is 4.20. The van der Waals surface area contributed by atoms with Gasteiger partial charge in [-0.15, -0.1) is 0 Å². The maximum atomic E-state index is 13.5. The Hall–Kier alpha value is -3.08. The van der Waals surface area contributed by atoms with Crippen molar-refractivity contribution in [2.45, 2.75) is 13.0 Å². The summed E-state index contributed by atoms with van der Waals surface area (Å²) < 4.78 is 18.7. The lowest BCUT2D eigenvalue weighted by Gasteiger charge is -2.09. The fourth-order valence-electron chi connectivity index (χ4n) is 2.77. The molecule has 0 aliphatic rings. The maximum absolute atomic E-state index is 13.5. The minimum Gasteiger partial charge on any atom is -0.497 e. The fraction of sp³-hybridized carbons (Fsp3) is 0.190. The first-order valence-corrected chi connectivity index (χ1v) is 8.47. The van der Waals surface area contributed by atoms with Crippen molar-refractivity contribution in [3.05, 3.63) is 77.6 Å². The third-order valence-electron chi connectivity index (χ3n) is 4.20. The van der Waals surface area contributed by atoms with Crippen LogP contribution in [0.1, 0.15) is 11.1 Å². The van der Waals surface area contributed by atoms with Crippen LogP contribution in [0, 0.1) is 5.82 Å². The van der Waals surface area contributed by atoms with Crippen LogP contribution in [0.3, 0.4) is 0 Å². The van der Waals surface area contributed by atoms with E-state index in [1.807, 2.05) is 36.4 Å². The number of hydrogen-bond donors (Lipinski definition) is 2. The molecule has 0 unspecified atom stereocenters. The molecule has 2 amide bonds. The Bertz CT molecular complexity index is 911. The number of urea groups is 1. The minimum atomic E-state index is -0.267. The van der Waals surface area contributed by atoms with Gasteiger partial charge in [-0.05, 0) is 52.6 Å². The Balaban J connectivity index is 1.49. The second-order valence-corrected chi connectivity index (χ2v) is 6.00. The van der Waals surface area contributed by atoms with Crippen LogP contribution in [0.15, 0.2) is 60.7 Å². The second-order valence-electron chi connectivity index (χ2n) is 6.00. The van der Waals surface area contributed by atoms with Crippen LogP contribution in [0.2, 0.25) is 0 Å². The van der Waals surface area contributed by atoms with Gasteiger partial charge >= 0.3 is 6.03 Å². The van der Waals surface area contributed by atoms with E-state index in [9.17, 15) is 9.18 Å². The number of ether oxygens (including phenoxy) is 1. The number of amides is 2. The van der Waals surface area contributed by atoms with Gasteiger partial charge < -0.3 is 15.4 Å². The summed E-state index contributed by atoms with van der Waals surface area (Å²) in [6, 6.07) is 18.2. The van der Waals surface area contributed by atoms with Gasteiger partial charge in [0.25, 0.3) is 0 Å². The normalized spacial score (nSPS) is 10.5. The average Bonchev–Trinajstić information content (AvgIpc) is 2.67. The van der Waals surface area contributed by atoms with Crippen molar-refractivity contribution in [3.63, 3.8) is 0 Å². The molecule has 0 fully saturated rings. The van der Waals surface area contributed by atoms with E-state index in [-0.39, 0.29) is 11.8 Å². The van der Waals surface area contributed by atoms with Crippen molar-refractivity contribution in [1.29, 1.82) is 0 Å². The highest BCUT2D eigenvalue weighted by atomic mass is 19.1. The zero-order valence-corrected chi connectivity index (χ0v) is 14.6. The molecule has 26 heavy (non-hydrogen) atoms. The molecule has 3 aromatic rings. The highest BCUT2D eigenvalue weighted by Crippen LogP contribution is 2.21. The molecule has 3 aromatic carbocycles. The highest BCUT2D eigenvalue weighted by Gasteiger charge is 2.04. The SMILES string of the molecule is COc1ccc2cc(CNC(=O)NCCc3ccccc3F)ccc2c1. The number of hydrogen-bond acceptors (Lipinski definition) is 2. The van der Waals surface area contributed by atoms with E-state index in [1.54, 1.807) is 25.3 Å². The lowest BCUT2D eigenvalue weighted by Crippen LogP contribution is -2.36. The van der Waals surface area contributed by atoms with Crippen molar-refractivity contribution in [2.24, 2.45) is 0 Å². The molecule has 4 nitrogen and oxygen atoms in total. The number of nitrogens with one attached hydrogen (secondary N) is 2. The van der Waals surface area contributed by atoms with E-state index >= 15 is 0 Å². The Kier molecular flexibility index (Phi) is 5.69. The van der Waals surface area contributed by atoms with E-state index in [0.717, 1.165) is 22.1 Å². The Morgan fingerprint density at radius 3 is 2.58 bits per heavy atom. The van der Waals surface area contributed by atoms with E-state index in [2.05, 4.69) is 10.6 Å². The van der Waals surface area contributed by atoms with Gasteiger partial charge in [-0.2, -0.15) is 0 Å². The smallest absolute Gasteiger partial charge is 0.315 e. The van der Waals surface area contributed by atoms with Crippen molar-refractivity contribution in [1.82, 2.24) is 10.6 Å². The van der Waals surface area contributed by atoms with Gasteiger partial charge in [0.05, 0.1) is 7.11 Å². The van der Waals surface area contributed by atoms with Crippen LogP contribution in [0.4, 0.5) is 9.18 Å². The molecule has 0 heterocycles. The summed E-state index contributed by atoms with van der Waals surface area (Å²) in [6.45, 7) is 0.803. The molecule has 134 valence electrons. The summed E-state index contributed by atoms with van der Waals surface area (Å²) in [5.74, 6) is 0.570. The summed E-state index contributed by atoms with van der Waals surface area (Å²) in [5, 5.41) is 7.74. The topological polar surface area (TPSA) is 50.4 Å². The molecule has 0 saturated carbocycles. The molecule has 2 N–H and O–H groups in total. The molecule has 0 spiro atoms. The maximum Gasteiger partial charge on any atom is 0.315 e. The minimum absolute atomic E-state index is 0.248. The average molecular weight is 352 g/mol. The molecular weight excluding hydrogens is 331 g/mol.